The van der Waals surface area contributed by atoms with E-state index in [2.05, 4.69) is 26.1 Å². The highest BCUT2D eigenvalue weighted by Crippen LogP contribution is 2.44. The van der Waals surface area contributed by atoms with Crippen LogP contribution in [0.2, 0.25) is 0 Å². The van der Waals surface area contributed by atoms with Gasteiger partial charge in [-0.15, -0.1) is 5.10 Å². The molecule has 4 heteroatoms. The maximum absolute atomic E-state index is 13.9. The maximum Gasteiger partial charge on any atom is 0.153 e. The molecule has 0 amide bonds. The van der Waals surface area contributed by atoms with Crippen LogP contribution in [0.25, 0.3) is 0 Å². The van der Waals surface area contributed by atoms with Crippen molar-refractivity contribution < 1.29 is 4.39 Å². The number of halogens is 2. The Morgan fingerprint density at radius 1 is 1.36 bits per heavy atom. The Hall–Kier alpha value is -0.510. The molecule has 1 saturated carbocycles. The Bertz CT molecular complexity index is 361. The van der Waals surface area contributed by atoms with Crippen molar-refractivity contribution in [1.82, 2.24) is 10.2 Å². The van der Waals surface area contributed by atoms with Gasteiger partial charge in [-0.3, -0.25) is 0 Å². The summed E-state index contributed by atoms with van der Waals surface area (Å²) in [6.45, 7) is 3.86. The van der Waals surface area contributed by atoms with Crippen LogP contribution in [-0.4, -0.2) is 10.2 Å². The molecule has 1 aliphatic rings. The molecule has 0 radical (unpaired) electrons. The molecule has 0 aromatic carbocycles. The van der Waals surface area contributed by atoms with Gasteiger partial charge in [0.2, 0.25) is 0 Å². The lowest BCUT2D eigenvalue weighted by atomic mass is 10.1. The van der Waals surface area contributed by atoms with Crippen LogP contribution in [0.3, 0.4) is 0 Å². The first kappa shape index (κ1) is 10.0. The zero-order valence-electron chi connectivity index (χ0n) is 8.22. The molecule has 0 atom stereocenters. The summed E-state index contributed by atoms with van der Waals surface area (Å²) in [5.74, 6) is 0.287. The zero-order valence-corrected chi connectivity index (χ0v) is 9.81. The van der Waals surface area contributed by atoms with Crippen LogP contribution in [0.15, 0.2) is 4.60 Å². The summed E-state index contributed by atoms with van der Waals surface area (Å²) in [5.41, 5.74) is 1.21. The van der Waals surface area contributed by atoms with Gasteiger partial charge in [-0.2, -0.15) is 5.10 Å². The summed E-state index contributed by atoms with van der Waals surface area (Å²) in [4.78, 5) is 0. The third-order valence-corrected chi connectivity index (χ3v) is 3.05. The van der Waals surface area contributed by atoms with E-state index in [0.29, 0.717) is 16.2 Å². The van der Waals surface area contributed by atoms with E-state index < -0.39 is 0 Å². The predicted molar refractivity (Wildman–Crippen MR) is 55.8 cm³/mol. The highest BCUT2D eigenvalue weighted by atomic mass is 79.9. The summed E-state index contributed by atoms with van der Waals surface area (Å²) in [5, 5.41) is 7.83. The summed E-state index contributed by atoms with van der Waals surface area (Å²) >= 11 is 3.26. The lowest BCUT2D eigenvalue weighted by Crippen LogP contribution is -2.05. The monoisotopic (exact) mass is 258 g/mol. The van der Waals surface area contributed by atoms with Gasteiger partial charge in [-0.1, -0.05) is 13.8 Å². The van der Waals surface area contributed by atoms with Crippen LogP contribution < -0.4 is 0 Å². The Labute approximate surface area is 91.1 Å². The van der Waals surface area contributed by atoms with Gasteiger partial charge >= 0.3 is 0 Å². The van der Waals surface area contributed by atoms with Crippen molar-refractivity contribution in [2.24, 2.45) is 0 Å². The third-order valence-electron chi connectivity index (χ3n) is 2.46. The molecule has 1 aromatic rings. The van der Waals surface area contributed by atoms with Crippen molar-refractivity contribution in [2.45, 2.75) is 38.5 Å². The van der Waals surface area contributed by atoms with Crippen molar-refractivity contribution in [3.8, 4) is 0 Å². The number of hydrogen-bond donors (Lipinski definition) is 0. The lowest BCUT2D eigenvalue weighted by Gasteiger charge is -2.09. The van der Waals surface area contributed by atoms with Gasteiger partial charge in [-0.05, 0) is 34.7 Å². The molecule has 1 aromatic heterocycles. The quantitative estimate of drug-likeness (QED) is 0.813. The van der Waals surface area contributed by atoms with Gasteiger partial charge in [-0.25, -0.2) is 4.39 Å². The molecular weight excluding hydrogens is 247 g/mol. The van der Waals surface area contributed by atoms with Crippen molar-refractivity contribution in [3.05, 3.63) is 21.7 Å². The van der Waals surface area contributed by atoms with Crippen molar-refractivity contribution in [2.75, 3.05) is 0 Å². The molecule has 76 valence electrons. The molecule has 1 heterocycles. The summed E-state index contributed by atoms with van der Waals surface area (Å²) in [7, 11) is 0. The highest BCUT2D eigenvalue weighted by Gasteiger charge is 2.31. The van der Waals surface area contributed by atoms with E-state index in [9.17, 15) is 4.39 Å². The van der Waals surface area contributed by atoms with Gasteiger partial charge in [0.1, 0.15) is 10.3 Å². The van der Waals surface area contributed by atoms with Crippen molar-refractivity contribution >= 4 is 15.9 Å². The molecule has 1 aliphatic carbocycles. The fourth-order valence-corrected chi connectivity index (χ4v) is 2.09. The first-order valence-corrected chi connectivity index (χ1v) is 5.62. The van der Waals surface area contributed by atoms with Gasteiger partial charge in [0.15, 0.2) is 5.82 Å². The predicted octanol–water partition coefficient (Wildman–Crippen LogP) is 3.38. The SMILES string of the molecule is CC(C)c1nnc(Br)c(C2CC2)c1F. The molecule has 2 nitrogen and oxygen atoms in total. The van der Waals surface area contributed by atoms with E-state index in [0.717, 1.165) is 18.4 Å². The van der Waals surface area contributed by atoms with E-state index in [1.165, 1.54) is 0 Å². The number of aromatic nitrogens is 2. The highest BCUT2D eigenvalue weighted by molar-refractivity contribution is 9.10. The Morgan fingerprint density at radius 2 is 2.00 bits per heavy atom. The number of rotatable bonds is 2. The van der Waals surface area contributed by atoms with E-state index in [4.69, 9.17) is 0 Å². The van der Waals surface area contributed by atoms with Crippen LogP contribution in [0.5, 0.6) is 0 Å². The minimum absolute atomic E-state index is 0.0908. The van der Waals surface area contributed by atoms with E-state index in [1.54, 1.807) is 0 Å². The van der Waals surface area contributed by atoms with Gasteiger partial charge < -0.3 is 0 Å². The fourth-order valence-electron chi connectivity index (χ4n) is 1.51. The van der Waals surface area contributed by atoms with Crippen LogP contribution >= 0.6 is 15.9 Å². The van der Waals surface area contributed by atoms with Gasteiger partial charge in [0, 0.05) is 11.5 Å². The molecule has 0 saturated heterocycles. The second kappa shape index (κ2) is 3.57. The minimum atomic E-state index is -0.163. The smallest absolute Gasteiger partial charge is 0.153 e. The standard InChI is InChI=1S/C10H12BrFN2/c1-5(2)9-8(12)7(6-3-4-6)10(11)14-13-9/h5-6H,3-4H2,1-2H3. The third kappa shape index (κ3) is 1.67. The average molecular weight is 259 g/mol. The number of hydrogen-bond acceptors (Lipinski definition) is 2. The Balaban J connectivity index is 2.50. The van der Waals surface area contributed by atoms with Crippen LogP contribution in [0.1, 0.15) is 49.8 Å². The fraction of sp³-hybridized carbons (Fsp3) is 0.600. The second-order valence-corrected chi connectivity index (χ2v) is 4.78. The second-order valence-electron chi connectivity index (χ2n) is 4.03. The average Bonchev–Trinajstić information content (AvgIpc) is 2.87. The lowest BCUT2D eigenvalue weighted by molar-refractivity contribution is 0.555. The van der Waals surface area contributed by atoms with Crippen LogP contribution in [0, 0.1) is 5.82 Å². The molecule has 2 rings (SSSR count). The first-order valence-electron chi connectivity index (χ1n) is 4.82. The van der Waals surface area contributed by atoms with Crippen LogP contribution in [-0.2, 0) is 0 Å². The first-order chi connectivity index (χ1) is 6.61. The summed E-state index contributed by atoms with van der Waals surface area (Å²) in [6, 6.07) is 0. The topological polar surface area (TPSA) is 25.8 Å². The molecule has 14 heavy (non-hydrogen) atoms. The number of nitrogens with zero attached hydrogens (tertiary/aromatic N) is 2. The largest absolute Gasteiger partial charge is 0.204 e. The van der Waals surface area contributed by atoms with Crippen molar-refractivity contribution in [3.63, 3.8) is 0 Å². The van der Waals surface area contributed by atoms with Gasteiger partial charge in [0.25, 0.3) is 0 Å². The normalized spacial score (nSPS) is 16.4. The minimum Gasteiger partial charge on any atom is -0.204 e. The van der Waals surface area contributed by atoms with E-state index in [-0.39, 0.29) is 11.7 Å². The molecule has 0 bridgehead atoms. The van der Waals surface area contributed by atoms with Crippen LogP contribution in [0.4, 0.5) is 4.39 Å². The molecular formula is C10H12BrFN2. The van der Waals surface area contributed by atoms with Gasteiger partial charge in [0.05, 0.1) is 0 Å². The Kier molecular flexibility index (Phi) is 2.56. The Morgan fingerprint density at radius 3 is 2.50 bits per heavy atom. The summed E-state index contributed by atoms with van der Waals surface area (Å²) in [6.07, 6.45) is 2.14. The molecule has 1 fully saturated rings. The molecule has 0 spiro atoms. The molecule has 0 N–H and O–H groups in total. The van der Waals surface area contributed by atoms with E-state index >= 15 is 0 Å². The van der Waals surface area contributed by atoms with E-state index in [1.807, 2.05) is 13.8 Å². The zero-order chi connectivity index (χ0) is 10.3. The molecule has 0 aliphatic heterocycles. The summed E-state index contributed by atoms with van der Waals surface area (Å²) < 4.78 is 14.5. The maximum atomic E-state index is 13.9. The molecule has 0 unspecified atom stereocenters. The van der Waals surface area contributed by atoms with Crippen molar-refractivity contribution in [1.29, 1.82) is 0 Å².